The third-order valence-electron chi connectivity index (χ3n) is 9.84. The van der Waals surface area contributed by atoms with Crippen LogP contribution in [-0.4, -0.2) is 14.5 Å². The first-order valence-electron chi connectivity index (χ1n) is 16.3. The largest absolute Gasteiger partial charge is 0.293 e. The predicted octanol–water partition coefficient (Wildman–Crippen LogP) is 11.8. The zero-order valence-electron chi connectivity index (χ0n) is 26.4. The van der Waals surface area contributed by atoms with Crippen LogP contribution in [0.15, 0.2) is 159 Å². The molecule has 0 amide bonds. The lowest BCUT2D eigenvalue weighted by molar-refractivity contribution is 0.661. The van der Waals surface area contributed by atoms with Crippen LogP contribution in [0.3, 0.4) is 0 Å². The van der Waals surface area contributed by atoms with Gasteiger partial charge in [0.1, 0.15) is 5.82 Å². The number of benzene rings is 6. The molecule has 2 aliphatic rings. The van der Waals surface area contributed by atoms with Gasteiger partial charge >= 0.3 is 0 Å². The van der Waals surface area contributed by atoms with Gasteiger partial charge in [-0.2, -0.15) is 0 Å². The van der Waals surface area contributed by atoms with E-state index in [1.807, 2.05) is 35.7 Å². The summed E-state index contributed by atoms with van der Waals surface area (Å²) >= 11 is 3.78. The fraction of sp³-hybridized carbons (Fsp3) is 0.0698. The molecule has 48 heavy (non-hydrogen) atoms. The van der Waals surface area contributed by atoms with Crippen LogP contribution in [0, 0.1) is 0 Å². The van der Waals surface area contributed by atoms with Gasteiger partial charge in [0.15, 0.2) is 5.82 Å². The highest BCUT2D eigenvalue weighted by Gasteiger charge is 2.40. The second-order valence-electron chi connectivity index (χ2n) is 13.0. The summed E-state index contributed by atoms with van der Waals surface area (Å²) in [5.41, 5.74) is 10.5. The van der Waals surface area contributed by atoms with Crippen molar-refractivity contribution >= 4 is 45.3 Å². The van der Waals surface area contributed by atoms with Gasteiger partial charge in [0.05, 0.1) is 16.7 Å². The quantitative estimate of drug-likeness (QED) is 0.190. The van der Waals surface area contributed by atoms with Gasteiger partial charge in [0.2, 0.25) is 0 Å². The summed E-state index contributed by atoms with van der Waals surface area (Å²) in [6.07, 6.45) is 0. The SMILES string of the molecule is CC1(C)c2cc3c(cc2-c2ccc4c5ccccc5n(-c5cc(-c6ccccc6)nc(-c6ccccc6)n5)c4c21)Sc1ccccc1S3. The maximum Gasteiger partial charge on any atom is 0.162 e. The lowest BCUT2D eigenvalue weighted by Crippen LogP contribution is -2.17. The molecule has 0 spiro atoms. The van der Waals surface area contributed by atoms with Crippen molar-refractivity contribution in [1.29, 1.82) is 0 Å². The van der Waals surface area contributed by atoms with E-state index in [9.17, 15) is 0 Å². The van der Waals surface area contributed by atoms with E-state index in [-0.39, 0.29) is 5.41 Å². The summed E-state index contributed by atoms with van der Waals surface area (Å²) in [6.45, 7) is 4.79. The minimum atomic E-state index is -0.231. The van der Waals surface area contributed by atoms with Crippen molar-refractivity contribution in [2.75, 3.05) is 0 Å². The van der Waals surface area contributed by atoms with Crippen LogP contribution in [0.2, 0.25) is 0 Å². The zero-order chi connectivity index (χ0) is 32.0. The highest BCUT2D eigenvalue weighted by atomic mass is 32.2. The maximum atomic E-state index is 5.33. The molecule has 10 rings (SSSR count). The Morgan fingerprint density at radius 2 is 1.19 bits per heavy atom. The van der Waals surface area contributed by atoms with Gasteiger partial charge in [0, 0.05) is 53.0 Å². The second kappa shape index (κ2) is 10.4. The van der Waals surface area contributed by atoms with Gasteiger partial charge in [-0.15, -0.1) is 0 Å². The summed E-state index contributed by atoms with van der Waals surface area (Å²) < 4.78 is 2.40. The summed E-state index contributed by atoms with van der Waals surface area (Å²) in [6, 6.07) is 50.0. The Kier molecular flexibility index (Phi) is 6.09. The Morgan fingerprint density at radius 1 is 0.542 bits per heavy atom. The van der Waals surface area contributed by atoms with Crippen molar-refractivity contribution in [2.24, 2.45) is 0 Å². The van der Waals surface area contributed by atoms with Crippen molar-refractivity contribution in [1.82, 2.24) is 14.5 Å². The molecule has 0 fully saturated rings. The molecule has 6 aromatic carbocycles. The predicted molar refractivity (Wildman–Crippen MR) is 199 cm³/mol. The van der Waals surface area contributed by atoms with Crippen molar-refractivity contribution in [3.05, 3.63) is 151 Å². The molecule has 0 radical (unpaired) electrons. The number of para-hydroxylation sites is 1. The summed E-state index contributed by atoms with van der Waals surface area (Å²) in [7, 11) is 0. The Labute approximate surface area is 287 Å². The Bertz CT molecular complexity index is 2530. The Morgan fingerprint density at radius 3 is 1.94 bits per heavy atom. The van der Waals surface area contributed by atoms with E-state index in [4.69, 9.17) is 9.97 Å². The summed E-state index contributed by atoms with van der Waals surface area (Å²) in [5, 5.41) is 2.47. The van der Waals surface area contributed by atoms with Gasteiger partial charge < -0.3 is 0 Å². The van der Waals surface area contributed by atoms with Gasteiger partial charge in [-0.05, 0) is 52.6 Å². The average Bonchev–Trinajstić information content (AvgIpc) is 3.58. The lowest BCUT2D eigenvalue weighted by Gasteiger charge is -2.25. The van der Waals surface area contributed by atoms with Crippen molar-refractivity contribution in [3.63, 3.8) is 0 Å². The van der Waals surface area contributed by atoms with Gasteiger partial charge in [-0.1, -0.05) is 140 Å². The zero-order valence-corrected chi connectivity index (χ0v) is 28.1. The van der Waals surface area contributed by atoms with Crippen LogP contribution in [-0.2, 0) is 5.41 Å². The smallest absolute Gasteiger partial charge is 0.162 e. The molecule has 228 valence electrons. The molecule has 8 aromatic rings. The van der Waals surface area contributed by atoms with Crippen molar-refractivity contribution in [2.45, 2.75) is 38.8 Å². The standard InChI is InChI=1S/C43H29N3S2/c1-43(2)32-24-38-37(47-35-19-11-12-20-36(35)48-38)23-31(32)29-21-22-30-28-17-9-10-18-34(28)46(41(30)40(29)43)39-25-33(26-13-5-3-6-14-26)44-42(45-39)27-15-7-4-8-16-27/h3-25H,1-2H3. The highest BCUT2D eigenvalue weighted by Crippen LogP contribution is 2.57. The summed E-state index contributed by atoms with van der Waals surface area (Å²) in [5.74, 6) is 1.59. The van der Waals surface area contributed by atoms with Gasteiger partial charge in [0.25, 0.3) is 0 Å². The first-order valence-corrected chi connectivity index (χ1v) is 17.9. The molecule has 1 aliphatic carbocycles. The third-order valence-corrected chi connectivity index (χ3v) is 12.4. The third kappa shape index (κ3) is 4.11. The molecule has 3 heterocycles. The monoisotopic (exact) mass is 651 g/mol. The fourth-order valence-electron chi connectivity index (χ4n) is 7.62. The van der Waals surface area contributed by atoms with Gasteiger partial charge in [-0.3, -0.25) is 4.57 Å². The lowest BCUT2D eigenvalue weighted by atomic mass is 9.81. The van der Waals surface area contributed by atoms with Crippen LogP contribution in [0.1, 0.15) is 25.0 Å². The van der Waals surface area contributed by atoms with E-state index < -0.39 is 0 Å². The molecule has 2 aromatic heterocycles. The minimum Gasteiger partial charge on any atom is -0.293 e. The van der Waals surface area contributed by atoms with Gasteiger partial charge in [-0.25, -0.2) is 9.97 Å². The van der Waals surface area contributed by atoms with Crippen LogP contribution in [0.4, 0.5) is 0 Å². The number of rotatable bonds is 3. The first kappa shape index (κ1) is 28.0. The molecule has 3 nitrogen and oxygen atoms in total. The van der Waals surface area contributed by atoms with Crippen molar-refractivity contribution in [3.8, 4) is 39.6 Å². The highest BCUT2D eigenvalue weighted by molar-refractivity contribution is 8.05. The molecule has 5 heteroatoms. The number of fused-ring (bicyclic) bond motifs is 9. The molecular formula is C43H29N3S2. The molecular weight excluding hydrogens is 623 g/mol. The molecule has 0 unspecified atom stereocenters. The van der Waals surface area contributed by atoms with E-state index in [0.717, 1.165) is 28.2 Å². The molecule has 0 bridgehead atoms. The minimum absolute atomic E-state index is 0.231. The van der Waals surface area contributed by atoms with E-state index in [1.54, 1.807) is 0 Å². The number of hydrogen-bond acceptors (Lipinski definition) is 4. The molecule has 0 atom stereocenters. The first-order chi connectivity index (χ1) is 23.5. The molecule has 0 saturated carbocycles. The van der Waals surface area contributed by atoms with Crippen LogP contribution in [0.25, 0.3) is 61.4 Å². The molecule has 0 saturated heterocycles. The van der Waals surface area contributed by atoms with E-state index >= 15 is 0 Å². The molecule has 0 N–H and O–H groups in total. The van der Waals surface area contributed by atoms with Crippen LogP contribution >= 0.6 is 23.5 Å². The van der Waals surface area contributed by atoms with Crippen LogP contribution in [0.5, 0.6) is 0 Å². The van der Waals surface area contributed by atoms with E-state index in [1.165, 1.54) is 58.1 Å². The molecule has 1 aliphatic heterocycles. The maximum absolute atomic E-state index is 5.33. The van der Waals surface area contributed by atoms with Crippen molar-refractivity contribution < 1.29 is 0 Å². The number of nitrogens with zero attached hydrogens (tertiary/aromatic N) is 3. The second-order valence-corrected chi connectivity index (χ2v) is 15.2. The Hall–Kier alpha value is -5.10. The summed E-state index contributed by atoms with van der Waals surface area (Å²) in [4.78, 5) is 15.8. The normalized spacial score (nSPS) is 14.0. The van der Waals surface area contributed by atoms with E-state index in [0.29, 0.717) is 5.82 Å². The Balaban J connectivity index is 1.26. The topological polar surface area (TPSA) is 30.7 Å². The number of aromatic nitrogens is 3. The van der Waals surface area contributed by atoms with E-state index in [2.05, 4.69) is 146 Å². The fourth-order valence-corrected chi connectivity index (χ4v) is 9.90. The average molecular weight is 652 g/mol. The van der Waals surface area contributed by atoms with Crippen LogP contribution < -0.4 is 0 Å². The number of hydrogen-bond donors (Lipinski definition) is 0.